The lowest BCUT2D eigenvalue weighted by atomic mass is 9.94. The Balaban J connectivity index is 1.58. The molecule has 0 amide bonds. The first-order chi connectivity index (χ1) is 35.7. The molecule has 2 aliphatic rings. The summed E-state index contributed by atoms with van der Waals surface area (Å²) in [5, 5.41) is 66.5. The van der Waals surface area contributed by atoms with Crippen molar-refractivity contribution in [2.24, 2.45) is 17.0 Å². The monoisotopic (exact) mass is 1060 g/mol. The Hall–Kier alpha value is -2.89. The summed E-state index contributed by atoms with van der Waals surface area (Å²) < 4.78 is 53.1. The standard InChI is InChI=1S/C55H99N3O16/c1-6-10-14-16-18-20-24-26-66-37-55(5,38-67-27-25-21-19-17-15-11-7-2)39-68-35-41(56)33-58(57)34-44-46(59)48(61)50(63)53(72-44)74-54-51(64)49(62)47(60)45(73-54)36-71-52(65)40-30-42(69-28-22-12-8-3)32-43(31-40)70-29-23-13-9-4/h30-33,44-51,53-54,59-64H,6-29,34-39,56-57H2,1-5H3/b41-33-. The number of hydrogen-bond acceptors (Lipinski definition) is 19. The number of aliphatic hydroxyl groups is 6. The lowest BCUT2D eigenvalue weighted by molar-refractivity contribution is -0.375. The molecule has 10 atom stereocenters. The van der Waals surface area contributed by atoms with Crippen LogP contribution in [0.25, 0.3) is 0 Å². The highest BCUT2D eigenvalue weighted by Gasteiger charge is 2.50. The van der Waals surface area contributed by atoms with Crippen LogP contribution in [0.15, 0.2) is 30.1 Å². The number of hydrogen-bond donors (Lipinski definition) is 8. The minimum Gasteiger partial charge on any atom is -0.493 e. The third-order valence-electron chi connectivity index (χ3n) is 13.3. The summed E-state index contributed by atoms with van der Waals surface area (Å²) in [7, 11) is 0. The van der Waals surface area contributed by atoms with Gasteiger partial charge in [-0.3, -0.25) is 0 Å². The van der Waals surface area contributed by atoms with Crippen LogP contribution in [0.2, 0.25) is 0 Å². The molecule has 0 bridgehead atoms. The minimum absolute atomic E-state index is 0.00995. The van der Waals surface area contributed by atoms with Gasteiger partial charge in [-0.15, -0.1) is 0 Å². The third kappa shape index (κ3) is 25.1. The van der Waals surface area contributed by atoms with Crippen LogP contribution in [0, 0.1) is 5.41 Å². The van der Waals surface area contributed by atoms with Crippen molar-refractivity contribution in [2.45, 2.75) is 224 Å². The van der Waals surface area contributed by atoms with Gasteiger partial charge in [-0.25, -0.2) is 10.6 Å². The Morgan fingerprint density at radius 2 is 1.00 bits per heavy atom. The van der Waals surface area contributed by atoms with E-state index in [4.69, 9.17) is 54.2 Å². The molecule has 2 fully saturated rings. The zero-order valence-corrected chi connectivity index (χ0v) is 45.7. The molecule has 0 aliphatic carbocycles. The molecule has 430 valence electrons. The fraction of sp³-hybridized carbons (Fsp3) is 0.836. The molecule has 74 heavy (non-hydrogen) atoms. The smallest absolute Gasteiger partial charge is 0.338 e. The predicted molar refractivity (Wildman–Crippen MR) is 281 cm³/mol. The number of nitrogens with two attached hydrogens (primary N) is 2. The number of carbonyl (C=O) groups excluding carboxylic acids is 1. The van der Waals surface area contributed by atoms with Gasteiger partial charge in [-0.1, -0.05) is 137 Å². The van der Waals surface area contributed by atoms with E-state index in [0.29, 0.717) is 57.7 Å². The van der Waals surface area contributed by atoms with Gasteiger partial charge in [0.2, 0.25) is 0 Å². The van der Waals surface area contributed by atoms with E-state index in [1.165, 1.54) is 82.5 Å². The molecule has 3 rings (SSSR count). The second-order valence-electron chi connectivity index (χ2n) is 20.6. The fourth-order valence-corrected chi connectivity index (χ4v) is 8.67. The van der Waals surface area contributed by atoms with Crippen LogP contribution in [-0.4, -0.2) is 169 Å². The first-order valence-corrected chi connectivity index (χ1v) is 28.0. The highest BCUT2D eigenvalue weighted by molar-refractivity contribution is 5.90. The van der Waals surface area contributed by atoms with E-state index in [2.05, 4.69) is 34.6 Å². The van der Waals surface area contributed by atoms with Gasteiger partial charge in [0.15, 0.2) is 12.6 Å². The number of nitrogens with zero attached hydrogens (tertiary/aromatic N) is 1. The van der Waals surface area contributed by atoms with E-state index >= 15 is 0 Å². The Morgan fingerprint density at radius 3 is 1.50 bits per heavy atom. The van der Waals surface area contributed by atoms with Crippen molar-refractivity contribution in [3.05, 3.63) is 35.7 Å². The Labute approximate surface area is 442 Å². The average molecular weight is 1060 g/mol. The Kier molecular flexibility index (Phi) is 33.4. The number of unbranched alkanes of at least 4 members (excludes halogenated alkanes) is 16. The molecule has 2 heterocycles. The van der Waals surface area contributed by atoms with Crippen LogP contribution in [0.4, 0.5) is 0 Å². The second-order valence-corrected chi connectivity index (χ2v) is 20.6. The second kappa shape index (κ2) is 37.8. The van der Waals surface area contributed by atoms with Crippen LogP contribution in [0.3, 0.4) is 0 Å². The molecule has 19 heteroatoms. The average Bonchev–Trinajstić information content (AvgIpc) is 3.38. The lowest BCUT2D eigenvalue weighted by Crippen LogP contribution is -2.64. The molecule has 2 aliphatic heterocycles. The van der Waals surface area contributed by atoms with Gasteiger partial charge < -0.3 is 84.0 Å². The van der Waals surface area contributed by atoms with Gasteiger partial charge in [0.1, 0.15) is 66.9 Å². The van der Waals surface area contributed by atoms with Crippen molar-refractivity contribution in [1.29, 1.82) is 0 Å². The van der Waals surface area contributed by atoms with E-state index in [-0.39, 0.29) is 24.4 Å². The summed E-state index contributed by atoms with van der Waals surface area (Å²) in [6.07, 6.45) is 6.79. The number of carbonyl (C=O) groups is 1. The largest absolute Gasteiger partial charge is 0.493 e. The number of hydrazine groups is 1. The normalized spacial score (nSPS) is 24.5. The topological polar surface area (TPSA) is 277 Å². The molecule has 0 spiro atoms. The maximum Gasteiger partial charge on any atom is 0.338 e. The van der Waals surface area contributed by atoms with Crippen molar-refractivity contribution < 1.29 is 78.1 Å². The SMILES string of the molecule is CCCCCCCCCOCC(C)(COCCCCCCCCC)COC/C(N)=C/N(N)CC1OC(OC2OC(COC(=O)c3cc(OCCCCC)cc(OCCCCC)c3)C(O)C(O)C2O)C(O)C(O)C1O. The van der Waals surface area contributed by atoms with Crippen molar-refractivity contribution in [3.8, 4) is 11.5 Å². The summed E-state index contributed by atoms with van der Waals surface area (Å²) >= 11 is 0. The van der Waals surface area contributed by atoms with Crippen LogP contribution < -0.4 is 21.1 Å². The molecule has 1 aromatic carbocycles. The molecular formula is C55H99N3O16. The first-order valence-electron chi connectivity index (χ1n) is 28.0. The number of ether oxygens (including phenoxy) is 9. The summed E-state index contributed by atoms with van der Waals surface area (Å²) in [5.74, 6) is 6.33. The van der Waals surface area contributed by atoms with Gasteiger partial charge in [-0.2, -0.15) is 0 Å². The molecular weight excluding hydrogens is 959 g/mol. The highest BCUT2D eigenvalue weighted by Crippen LogP contribution is 2.30. The van der Waals surface area contributed by atoms with Gasteiger partial charge in [0.05, 0.1) is 57.4 Å². The Morgan fingerprint density at radius 1 is 0.581 bits per heavy atom. The van der Waals surface area contributed by atoms with E-state index in [1.807, 2.05) is 0 Å². The maximum absolute atomic E-state index is 13.4. The number of aliphatic hydroxyl groups excluding tert-OH is 6. The van der Waals surface area contributed by atoms with Gasteiger partial charge in [-0.05, 0) is 37.8 Å². The molecule has 19 nitrogen and oxygen atoms in total. The minimum atomic E-state index is -1.88. The van der Waals surface area contributed by atoms with Gasteiger partial charge >= 0.3 is 5.97 Å². The van der Waals surface area contributed by atoms with Crippen molar-refractivity contribution in [3.63, 3.8) is 0 Å². The van der Waals surface area contributed by atoms with E-state index in [0.717, 1.165) is 69.2 Å². The van der Waals surface area contributed by atoms with Gasteiger partial charge in [0, 0.05) is 30.9 Å². The molecule has 1 aromatic rings. The van der Waals surface area contributed by atoms with Crippen LogP contribution >= 0.6 is 0 Å². The highest BCUT2D eigenvalue weighted by atomic mass is 16.8. The summed E-state index contributed by atoms with van der Waals surface area (Å²) in [4.78, 5) is 13.4. The number of esters is 1. The molecule has 10 unspecified atom stereocenters. The Bertz CT molecular complexity index is 1590. The molecule has 2 saturated heterocycles. The summed E-state index contributed by atoms with van der Waals surface area (Å²) in [6.45, 7) is 13.3. The van der Waals surface area contributed by atoms with Crippen LogP contribution in [-0.2, 0) is 33.2 Å². The van der Waals surface area contributed by atoms with E-state index in [9.17, 15) is 35.4 Å². The zero-order valence-electron chi connectivity index (χ0n) is 45.7. The van der Waals surface area contributed by atoms with Crippen molar-refractivity contribution in [2.75, 3.05) is 66.0 Å². The van der Waals surface area contributed by atoms with Gasteiger partial charge in [0.25, 0.3) is 0 Å². The van der Waals surface area contributed by atoms with Crippen molar-refractivity contribution in [1.82, 2.24) is 5.01 Å². The quantitative estimate of drug-likeness (QED) is 0.0158. The molecule has 10 N–H and O–H groups in total. The number of benzene rings is 1. The number of rotatable bonds is 42. The predicted octanol–water partition coefficient (Wildman–Crippen LogP) is 6.15. The summed E-state index contributed by atoms with van der Waals surface area (Å²) in [6, 6.07) is 4.75. The van der Waals surface area contributed by atoms with E-state index in [1.54, 1.807) is 6.07 Å². The maximum atomic E-state index is 13.4. The van der Waals surface area contributed by atoms with Crippen LogP contribution in [0.5, 0.6) is 11.5 Å². The molecule has 0 saturated carbocycles. The van der Waals surface area contributed by atoms with E-state index < -0.39 is 79.4 Å². The lowest BCUT2D eigenvalue weighted by Gasteiger charge is -2.45. The molecule has 0 aromatic heterocycles. The fourth-order valence-electron chi connectivity index (χ4n) is 8.67. The molecule has 0 radical (unpaired) electrons. The van der Waals surface area contributed by atoms with Crippen molar-refractivity contribution >= 4 is 5.97 Å². The van der Waals surface area contributed by atoms with Crippen LogP contribution in [0.1, 0.15) is 173 Å². The zero-order chi connectivity index (χ0) is 54.1. The first kappa shape index (κ1) is 65.4. The summed E-state index contributed by atoms with van der Waals surface area (Å²) in [5.41, 5.74) is 6.27. The third-order valence-corrected chi connectivity index (χ3v) is 13.3.